The van der Waals surface area contributed by atoms with Crippen molar-refractivity contribution in [1.82, 2.24) is 14.8 Å². The van der Waals surface area contributed by atoms with Gasteiger partial charge in [0.25, 0.3) is 0 Å². The van der Waals surface area contributed by atoms with Gasteiger partial charge in [0.05, 0.1) is 5.70 Å². The van der Waals surface area contributed by atoms with Crippen LogP contribution in [0, 0.1) is 0 Å². The van der Waals surface area contributed by atoms with Crippen molar-refractivity contribution < 1.29 is 5.11 Å². The molecule has 0 aliphatic carbocycles. The molecule has 0 aliphatic heterocycles. The normalized spacial score (nSPS) is 11.9. The Kier molecular flexibility index (Phi) is 1.48. The second-order valence-electron chi connectivity index (χ2n) is 1.61. The molecular weight excluding hydrogens is 118 g/mol. The van der Waals surface area contributed by atoms with E-state index in [4.69, 9.17) is 5.11 Å². The van der Waals surface area contributed by atoms with Crippen LogP contribution in [0.4, 0.5) is 0 Å². The van der Waals surface area contributed by atoms with Crippen LogP contribution in [0.1, 0.15) is 6.92 Å². The van der Waals surface area contributed by atoms with Crippen LogP contribution in [0.25, 0.3) is 5.70 Å². The molecule has 0 bridgehead atoms. The first-order valence-corrected chi connectivity index (χ1v) is 2.50. The number of nitrogens with zero attached hydrogens (tertiary/aromatic N) is 3. The SMILES string of the molecule is CC(=CO)n1cncn1. The molecule has 0 unspecified atom stereocenters. The number of aliphatic hydroxyl groups is 1. The Morgan fingerprint density at radius 3 is 3.00 bits per heavy atom. The van der Waals surface area contributed by atoms with E-state index in [1.165, 1.54) is 17.3 Å². The number of hydrogen-bond donors (Lipinski definition) is 1. The summed E-state index contributed by atoms with van der Waals surface area (Å²) in [4.78, 5) is 3.69. The Balaban J connectivity index is 2.90. The summed E-state index contributed by atoms with van der Waals surface area (Å²) >= 11 is 0. The Labute approximate surface area is 52.5 Å². The summed E-state index contributed by atoms with van der Waals surface area (Å²) in [5.74, 6) is 0. The van der Waals surface area contributed by atoms with E-state index in [1.54, 1.807) is 6.92 Å². The Hall–Kier alpha value is -1.32. The van der Waals surface area contributed by atoms with Crippen LogP contribution in [-0.2, 0) is 0 Å². The second kappa shape index (κ2) is 2.30. The summed E-state index contributed by atoms with van der Waals surface area (Å²) < 4.78 is 1.47. The lowest BCUT2D eigenvalue weighted by molar-refractivity contribution is 0.471. The minimum absolute atomic E-state index is 0.646. The Morgan fingerprint density at radius 2 is 2.56 bits per heavy atom. The first kappa shape index (κ1) is 5.81. The molecule has 1 rings (SSSR count). The lowest BCUT2D eigenvalue weighted by Crippen LogP contribution is -1.92. The third kappa shape index (κ3) is 1.07. The third-order valence-corrected chi connectivity index (χ3v) is 0.967. The van der Waals surface area contributed by atoms with E-state index in [0.717, 1.165) is 6.26 Å². The van der Waals surface area contributed by atoms with Crippen molar-refractivity contribution in [1.29, 1.82) is 0 Å². The van der Waals surface area contributed by atoms with Gasteiger partial charge >= 0.3 is 0 Å². The molecule has 1 heterocycles. The summed E-state index contributed by atoms with van der Waals surface area (Å²) in [6.45, 7) is 1.73. The first-order valence-electron chi connectivity index (χ1n) is 2.50. The second-order valence-corrected chi connectivity index (χ2v) is 1.61. The van der Waals surface area contributed by atoms with Crippen LogP contribution in [0.3, 0.4) is 0 Å². The minimum Gasteiger partial charge on any atom is -0.514 e. The molecule has 0 amide bonds. The van der Waals surface area contributed by atoms with Crippen LogP contribution in [0.15, 0.2) is 18.9 Å². The molecule has 0 saturated carbocycles. The van der Waals surface area contributed by atoms with E-state index in [0.29, 0.717) is 5.70 Å². The highest BCUT2D eigenvalue weighted by Gasteiger charge is 1.89. The van der Waals surface area contributed by atoms with Gasteiger partial charge in [-0.15, -0.1) is 0 Å². The van der Waals surface area contributed by atoms with Crippen molar-refractivity contribution in [3.05, 3.63) is 18.9 Å². The molecule has 0 saturated heterocycles. The zero-order valence-corrected chi connectivity index (χ0v) is 5.02. The van der Waals surface area contributed by atoms with Gasteiger partial charge in [-0.25, -0.2) is 9.67 Å². The molecule has 4 heteroatoms. The smallest absolute Gasteiger partial charge is 0.138 e. The molecule has 1 aromatic heterocycles. The molecular formula is C5H7N3O. The average Bonchev–Trinajstić information content (AvgIpc) is 2.37. The highest BCUT2D eigenvalue weighted by molar-refractivity contribution is 5.36. The van der Waals surface area contributed by atoms with Crippen LogP contribution in [0.5, 0.6) is 0 Å². The average molecular weight is 125 g/mol. The van der Waals surface area contributed by atoms with Crippen molar-refractivity contribution in [2.45, 2.75) is 6.92 Å². The Bertz CT molecular complexity index is 202. The van der Waals surface area contributed by atoms with Crippen LogP contribution >= 0.6 is 0 Å². The number of allylic oxidation sites excluding steroid dienone is 1. The number of rotatable bonds is 1. The van der Waals surface area contributed by atoms with Crippen molar-refractivity contribution in [2.24, 2.45) is 0 Å². The maximum Gasteiger partial charge on any atom is 0.138 e. The lowest BCUT2D eigenvalue weighted by atomic mass is 10.6. The molecule has 0 radical (unpaired) electrons. The molecule has 0 atom stereocenters. The van der Waals surface area contributed by atoms with Gasteiger partial charge in [-0.3, -0.25) is 0 Å². The van der Waals surface area contributed by atoms with Gasteiger partial charge in [-0.1, -0.05) is 0 Å². The van der Waals surface area contributed by atoms with Crippen molar-refractivity contribution in [3.8, 4) is 0 Å². The van der Waals surface area contributed by atoms with Gasteiger partial charge in [0, 0.05) is 0 Å². The fourth-order valence-electron chi connectivity index (χ4n) is 0.450. The lowest BCUT2D eigenvalue weighted by Gasteiger charge is -1.93. The van der Waals surface area contributed by atoms with Gasteiger partial charge in [-0.2, -0.15) is 5.10 Å². The predicted octanol–water partition coefficient (Wildman–Crippen LogP) is 0.654. The fraction of sp³-hybridized carbons (Fsp3) is 0.200. The summed E-state index contributed by atoms with van der Waals surface area (Å²) in [5, 5.41) is 12.2. The summed E-state index contributed by atoms with van der Waals surface area (Å²) in [5.41, 5.74) is 0.646. The van der Waals surface area contributed by atoms with Gasteiger partial charge in [-0.05, 0) is 6.92 Å². The molecule has 48 valence electrons. The number of aliphatic hydroxyl groups excluding tert-OH is 1. The van der Waals surface area contributed by atoms with Crippen LogP contribution in [0.2, 0.25) is 0 Å². The van der Waals surface area contributed by atoms with Crippen molar-refractivity contribution in [3.63, 3.8) is 0 Å². The van der Waals surface area contributed by atoms with E-state index in [2.05, 4.69) is 10.1 Å². The molecule has 0 spiro atoms. The highest BCUT2D eigenvalue weighted by Crippen LogP contribution is 1.95. The van der Waals surface area contributed by atoms with Gasteiger partial charge in [0.15, 0.2) is 0 Å². The number of hydrogen-bond acceptors (Lipinski definition) is 3. The maximum atomic E-state index is 8.46. The van der Waals surface area contributed by atoms with Crippen LogP contribution < -0.4 is 0 Å². The summed E-state index contributed by atoms with van der Waals surface area (Å²) in [6.07, 6.45) is 3.91. The summed E-state index contributed by atoms with van der Waals surface area (Å²) in [6, 6.07) is 0. The molecule has 9 heavy (non-hydrogen) atoms. The van der Waals surface area contributed by atoms with Gasteiger partial charge in [0.2, 0.25) is 0 Å². The topological polar surface area (TPSA) is 50.9 Å². The number of aromatic nitrogens is 3. The van der Waals surface area contributed by atoms with E-state index in [1.807, 2.05) is 0 Å². The van der Waals surface area contributed by atoms with Crippen molar-refractivity contribution >= 4 is 5.70 Å². The van der Waals surface area contributed by atoms with E-state index in [-0.39, 0.29) is 0 Å². The first-order chi connectivity index (χ1) is 4.34. The van der Waals surface area contributed by atoms with Gasteiger partial charge < -0.3 is 5.11 Å². The fourth-order valence-corrected chi connectivity index (χ4v) is 0.450. The predicted molar refractivity (Wildman–Crippen MR) is 32.6 cm³/mol. The molecule has 4 nitrogen and oxygen atoms in total. The molecule has 1 aromatic rings. The third-order valence-electron chi connectivity index (χ3n) is 0.967. The minimum atomic E-state index is 0.646. The molecule has 0 fully saturated rings. The van der Waals surface area contributed by atoms with E-state index >= 15 is 0 Å². The molecule has 1 N–H and O–H groups in total. The monoisotopic (exact) mass is 125 g/mol. The molecule has 0 aromatic carbocycles. The summed E-state index contributed by atoms with van der Waals surface area (Å²) in [7, 11) is 0. The Morgan fingerprint density at radius 1 is 1.78 bits per heavy atom. The zero-order chi connectivity index (χ0) is 6.69. The standard InChI is InChI=1S/C5H7N3O/c1-5(2-9)8-4-6-3-7-8/h2-4,9H,1H3. The quantitative estimate of drug-likeness (QED) is 0.561. The van der Waals surface area contributed by atoms with Crippen molar-refractivity contribution in [2.75, 3.05) is 0 Å². The molecule has 0 aliphatic rings. The van der Waals surface area contributed by atoms with Gasteiger partial charge in [0.1, 0.15) is 18.9 Å². The maximum absolute atomic E-state index is 8.46. The largest absolute Gasteiger partial charge is 0.514 e. The highest BCUT2D eigenvalue weighted by atomic mass is 16.2. The van der Waals surface area contributed by atoms with Crippen LogP contribution in [-0.4, -0.2) is 19.9 Å². The van der Waals surface area contributed by atoms with E-state index < -0.39 is 0 Å². The zero-order valence-electron chi connectivity index (χ0n) is 5.02. The van der Waals surface area contributed by atoms with E-state index in [9.17, 15) is 0 Å².